The van der Waals surface area contributed by atoms with Crippen molar-refractivity contribution in [1.82, 2.24) is 0 Å². The van der Waals surface area contributed by atoms with Gasteiger partial charge in [0.2, 0.25) is 0 Å². The summed E-state index contributed by atoms with van der Waals surface area (Å²) in [6.45, 7) is 10.8. The van der Waals surface area contributed by atoms with Crippen LogP contribution in [0.15, 0.2) is 6.07 Å². The van der Waals surface area contributed by atoms with Gasteiger partial charge in [-0.15, -0.1) is 0 Å². The standard InChI is InChI=1S/C14H21NO/c1-9-8-10(2)13(5)14(12(9)4)15-7-6-11(3)16/h8,15H,6-7H2,1-5H3. The highest BCUT2D eigenvalue weighted by Gasteiger charge is 2.07. The van der Waals surface area contributed by atoms with Crippen molar-refractivity contribution in [2.45, 2.75) is 41.0 Å². The number of benzene rings is 1. The van der Waals surface area contributed by atoms with E-state index >= 15 is 0 Å². The van der Waals surface area contributed by atoms with Gasteiger partial charge in [-0.2, -0.15) is 0 Å². The van der Waals surface area contributed by atoms with Gasteiger partial charge >= 0.3 is 0 Å². The van der Waals surface area contributed by atoms with Gasteiger partial charge < -0.3 is 5.32 Å². The van der Waals surface area contributed by atoms with Gasteiger partial charge in [-0.25, -0.2) is 0 Å². The Morgan fingerprint density at radius 1 is 1.12 bits per heavy atom. The first-order chi connectivity index (χ1) is 7.43. The predicted octanol–water partition coefficient (Wildman–Crippen LogP) is 3.31. The second kappa shape index (κ2) is 5.15. The van der Waals surface area contributed by atoms with Gasteiger partial charge in [-0.1, -0.05) is 6.07 Å². The third kappa shape index (κ3) is 2.84. The molecule has 0 saturated carbocycles. The third-order valence-electron chi connectivity index (χ3n) is 3.14. The van der Waals surface area contributed by atoms with E-state index in [4.69, 9.17) is 0 Å². The summed E-state index contributed by atoms with van der Waals surface area (Å²) in [5.41, 5.74) is 6.36. The minimum atomic E-state index is 0.229. The van der Waals surface area contributed by atoms with Crippen molar-refractivity contribution in [1.29, 1.82) is 0 Å². The van der Waals surface area contributed by atoms with E-state index in [0.29, 0.717) is 6.42 Å². The van der Waals surface area contributed by atoms with E-state index in [9.17, 15) is 4.79 Å². The SMILES string of the molecule is CC(=O)CCNc1c(C)c(C)cc(C)c1C. The van der Waals surface area contributed by atoms with Crippen LogP contribution >= 0.6 is 0 Å². The fraction of sp³-hybridized carbons (Fsp3) is 0.500. The zero-order chi connectivity index (χ0) is 12.3. The van der Waals surface area contributed by atoms with E-state index in [1.807, 2.05) is 0 Å². The molecule has 0 bridgehead atoms. The smallest absolute Gasteiger partial charge is 0.131 e. The van der Waals surface area contributed by atoms with E-state index < -0.39 is 0 Å². The quantitative estimate of drug-likeness (QED) is 0.841. The van der Waals surface area contributed by atoms with E-state index in [-0.39, 0.29) is 5.78 Å². The Bertz CT molecular complexity index is 381. The van der Waals surface area contributed by atoms with Crippen molar-refractivity contribution in [3.63, 3.8) is 0 Å². The third-order valence-corrected chi connectivity index (χ3v) is 3.14. The van der Waals surface area contributed by atoms with Gasteiger partial charge in [0.15, 0.2) is 0 Å². The van der Waals surface area contributed by atoms with E-state index in [2.05, 4.69) is 39.1 Å². The number of nitrogens with one attached hydrogen (secondary N) is 1. The number of ketones is 1. The molecule has 0 radical (unpaired) electrons. The molecule has 0 heterocycles. The molecule has 88 valence electrons. The van der Waals surface area contributed by atoms with Crippen molar-refractivity contribution in [3.05, 3.63) is 28.3 Å². The van der Waals surface area contributed by atoms with Crippen molar-refractivity contribution >= 4 is 11.5 Å². The lowest BCUT2D eigenvalue weighted by Crippen LogP contribution is -2.09. The van der Waals surface area contributed by atoms with Crippen LogP contribution in [-0.4, -0.2) is 12.3 Å². The minimum absolute atomic E-state index is 0.229. The van der Waals surface area contributed by atoms with Gasteiger partial charge in [-0.05, 0) is 56.9 Å². The fourth-order valence-corrected chi connectivity index (χ4v) is 1.85. The first-order valence-electron chi connectivity index (χ1n) is 5.74. The van der Waals surface area contributed by atoms with E-state index in [1.165, 1.54) is 27.9 Å². The molecule has 0 aliphatic heterocycles. The molecule has 1 rings (SSSR count). The number of hydrogen-bond donors (Lipinski definition) is 1. The van der Waals surface area contributed by atoms with Gasteiger partial charge in [0.1, 0.15) is 5.78 Å². The number of anilines is 1. The zero-order valence-corrected chi connectivity index (χ0v) is 10.9. The van der Waals surface area contributed by atoms with Crippen LogP contribution in [0.2, 0.25) is 0 Å². The normalized spacial score (nSPS) is 10.3. The maximum atomic E-state index is 10.9. The fourth-order valence-electron chi connectivity index (χ4n) is 1.85. The molecular formula is C14H21NO. The second-order valence-corrected chi connectivity index (χ2v) is 4.51. The summed E-state index contributed by atoms with van der Waals surface area (Å²) in [5.74, 6) is 0.229. The number of carbonyl (C=O) groups is 1. The largest absolute Gasteiger partial charge is 0.384 e. The Kier molecular flexibility index (Phi) is 4.11. The van der Waals surface area contributed by atoms with Crippen LogP contribution in [0.25, 0.3) is 0 Å². The number of aryl methyl sites for hydroxylation is 2. The van der Waals surface area contributed by atoms with Crippen LogP contribution < -0.4 is 5.32 Å². The highest BCUT2D eigenvalue weighted by atomic mass is 16.1. The molecule has 0 amide bonds. The number of hydrogen-bond acceptors (Lipinski definition) is 2. The van der Waals surface area contributed by atoms with E-state index in [1.54, 1.807) is 6.92 Å². The topological polar surface area (TPSA) is 29.1 Å². The van der Waals surface area contributed by atoms with Crippen molar-refractivity contribution in [2.24, 2.45) is 0 Å². The van der Waals surface area contributed by atoms with Crippen LogP contribution in [0.3, 0.4) is 0 Å². The van der Waals surface area contributed by atoms with Crippen LogP contribution in [0.4, 0.5) is 5.69 Å². The molecule has 0 unspecified atom stereocenters. The van der Waals surface area contributed by atoms with Crippen molar-refractivity contribution < 1.29 is 4.79 Å². The molecule has 2 nitrogen and oxygen atoms in total. The van der Waals surface area contributed by atoms with Gasteiger partial charge in [-0.3, -0.25) is 4.79 Å². The van der Waals surface area contributed by atoms with Crippen LogP contribution in [0.1, 0.15) is 35.6 Å². The van der Waals surface area contributed by atoms with Crippen LogP contribution in [-0.2, 0) is 4.79 Å². The lowest BCUT2D eigenvalue weighted by atomic mass is 9.98. The molecule has 1 aromatic carbocycles. The van der Waals surface area contributed by atoms with Gasteiger partial charge in [0.25, 0.3) is 0 Å². The maximum Gasteiger partial charge on any atom is 0.131 e. The van der Waals surface area contributed by atoms with Crippen molar-refractivity contribution in [3.8, 4) is 0 Å². The molecule has 0 atom stereocenters. The second-order valence-electron chi connectivity index (χ2n) is 4.51. The first-order valence-corrected chi connectivity index (χ1v) is 5.74. The summed E-state index contributed by atoms with van der Waals surface area (Å²) in [4.78, 5) is 10.9. The zero-order valence-electron chi connectivity index (χ0n) is 10.9. The molecule has 0 aliphatic carbocycles. The number of Topliss-reactive ketones (excluding diaryl/α,β-unsaturated/α-hetero) is 1. The van der Waals surface area contributed by atoms with Gasteiger partial charge in [0, 0.05) is 18.7 Å². The van der Waals surface area contributed by atoms with Crippen LogP contribution in [0.5, 0.6) is 0 Å². The maximum absolute atomic E-state index is 10.9. The molecule has 0 fully saturated rings. The van der Waals surface area contributed by atoms with Gasteiger partial charge in [0.05, 0.1) is 0 Å². The summed E-state index contributed by atoms with van der Waals surface area (Å²) in [6, 6.07) is 2.21. The molecule has 0 saturated heterocycles. The lowest BCUT2D eigenvalue weighted by molar-refractivity contribution is -0.116. The summed E-state index contributed by atoms with van der Waals surface area (Å²) in [6.07, 6.45) is 0.589. The molecule has 16 heavy (non-hydrogen) atoms. The molecule has 1 N–H and O–H groups in total. The Hall–Kier alpha value is -1.31. The Balaban J connectivity index is 2.90. The summed E-state index contributed by atoms with van der Waals surface area (Å²) in [7, 11) is 0. The molecule has 0 aliphatic rings. The van der Waals surface area contributed by atoms with E-state index in [0.717, 1.165) is 6.54 Å². The first kappa shape index (κ1) is 12.8. The Morgan fingerprint density at radius 3 is 2.06 bits per heavy atom. The molecule has 0 spiro atoms. The minimum Gasteiger partial charge on any atom is -0.384 e. The van der Waals surface area contributed by atoms with Crippen molar-refractivity contribution in [2.75, 3.05) is 11.9 Å². The monoisotopic (exact) mass is 219 g/mol. The molecular weight excluding hydrogens is 198 g/mol. The average molecular weight is 219 g/mol. The Morgan fingerprint density at radius 2 is 1.62 bits per heavy atom. The lowest BCUT2D eigenvalue weighted by Gasteiger charge is -2.16. The molecule has 2 heteroatoms. The Labute approximate surface area is 98.1 Å². The summed E-state index contributed by atoms with van der Waals surface area (Å²) < 4.78 is 0. The molecule has 0 aromatic heterocycles. The summed E-state index contributed by atoms with van der Waals surface area (Å²) in [5, 5.41) is 3.37. The molecule has 1 aromatic rings. The highest BCUT2D eigenvalue weighted by Crippen LogP contribution is 2.26. The average Bonchev–Trinajstić information content (AvgIpc) is 2.20. The number of rotatable bonds is 4. The number of carbonyl (C=O) groups excluding carboxylic acids is 1. The highest BCUT2D eigenvalue weighted by molar-refractivity contribution is 5.76. The van der Waals surface area contributed by atoms with Crippen LogP contribution in [0, 0.1) is 27.7 Å². The summed E-state index contributed by atoms with van der Waals surface area (Å²) >= 11 is 0. The predicted molar refractivity (Wildman–Crippen MR) is 69.2 cm³/mol.